The number of nitrogens with zero attached hydrogens (tertiary/aromatic N) is 3. The summed E-state index contributed by atoms with van der Waals surface area (Å²) in [5.41, 5.74) is 3.72. The number of aromatic nitrogens is 2. The monoisotopic (exact) mass is 491 g/mol. The second kappa shape index (κ2) is 10.5. The Kier molecular flexibility index (Phi) is 6.76. The van der Waals surface area contributed by atoms with Crippen LogP contribution in [0.4, 0.5) is 0 Å². The Morgan fingerprint density at radius 1 is 0.919 bits per heavy atom. The van der Waals surface area contributed by atoms with Crippen molar-refractivity contribution in [2.45, 2.75) is 26.1 Å². The van der Waals surface area contributed by atoms with Crippen molar-refractivity contribution in [3.63, 3.8) is 0 Å². The van der Waals surface area contributed by atoms with Crippen LogP contribution in [0.1, 0.15) is 33.9 Å². The summed E-state index contributed by atoms with van der Waals surface area (Å²) in [5.74, 6) is -0.985. The average Bonchev–Trinajstić information content (AvgIpc) is 3.18. The molecule has 0 saturated carbocycles. The van der Waals surface area contributed by atoms with E-state index in [9.17, 15) is 14.7 Å². The quantitative estimate of drug-likeness (QED) is 0.223. The normalized spacial score (nSPS) is 16.7. The fourth-order valence-corrected chi connectivity index (χ4v) is 4.50. The Labute approximate surface area is 214 Å². The van der Waals surface area contributed by atoms with Gasteiger partial charge < -0.3 is 14.7 Å². The lowest BCUT2D eigenvalue weighted by Gasteiger charge is -2.25. The van der Waals surface area contributed by atoms with Gasteiger partial charge in [0.25, 0.3) is 11.7 Å². The Morgan fingerprint density at radius 2 is 1.68 bits per heavy atom. The minimum absolute atomic E-state index is 0.0427. The molecule has 1 atom stereocenters. The summed E-state index contributed by atoms with van der Waals surface area (Å²) in [5, 5.41) is 11.4. The third-order valence-electron chi connectivity index (χ3n) is 6.34. The van der Waals surface area contributed by atoms with E-state index in [1.165, 1.54) is 4.90 Å². The first-order chi connectivity index (χ1) is 18.0. The summed E-state index contributed by atoms with van der Waals surface area (Å²) < 4.78 is 5.91. The molecular formula is C30H25N3O4. The lowest BCUT2D eigenvalue weighted by Crippen LogP contribution is -2.29. The van der Waals surface area contributed by atoms with Crippen molar-refractivity contribution in [2.24, 2.45) is 0 Å². The van der Waals surface area contributed by atoms with E-state index in [1.54, 1.807) is 55.1 Å². The van der Waals surface area contributed by atoms with Crippen LogP contribution in [0.2, 0.25) is 0 Å². The van der Waals surface area contributed by atoms with Gasteiger partial charge in [0.1, 0.15) is 18.1 Å². The Hall–Kier alpha value is -4.78. The van der Waals surface area contributed by atoms with E-state index in [2.05, 4.69) is 9.97 Å². The molecule has 0 bridgehead atoms. The fourth-order valence-electron chi connectivity index (χ4n) is 4.50. The van der Waals surface area contributed by atoms with Crippen molar-refractivity contribution in [1.82, 2.24) is 14.9 Å². The Balaban J connectivity index is 1.51. The Morgan fingerprint density at radius 3 is 2.38 bits per heavy atom. The number of pyridine rings is 2. The maximum absolute atomic E-state index is 13.3. The zero-order valence-electron chi connectivity index (χ0n) is 20.2. The number of hydrogen-bond donors (Lipinski definition) is 1. The molecule has 2 aromatic heterocycles. The van der Waals surface area contributed by atoms with Gasteiger partial charge in [0.15, 0.2) is 0 Å². The van der Waals surface area contributed by atoms with Crippen LogP contribution < -0.4 is 4.74 Å². The topological polar surface area (TPSA) is 92.6 Å². The zero-order valence-corrected chi connectivity index (χ0v) is 20.2. The molecule has 4 aromatic rings. The number of hydrogen-bond acceptors (Lipinski definition) is 6. The number of carbonyl (C=O) groups excluding carboxylic acids is 2. The molecular weight excluding hydrogens is 466 g/mol. The number of carbonyl (C=O) groups is 2. The lowest BCUT2D eigenvalue weighted by atomic mass is 9.94. The highest BCUT2D eigenvalue weighted by atomic mass is 16.5. The highest BCUT2D eigenvalue weighted by Crippen LogP contribution is 2.40. The first-order valence-corrected chi connectivity index (χ1v) is 11.9. The van der Waals surface area contributed by atoms with Gasteiger partial charge >= 0.3 is 0 Å². The molecule has 1 saturated heterocycles. The van der Waals surface area contributed by atoms with Gasteiger partial charge in [0.05, 0.1) is 11.6 Å². The van der Waals surface area contributed by atoms with Crippen LogP contribution in [-0.2, 0) is 22.7 Å². The fraction of sp³-hybridized carbons (Fsp3) is 0.133. The molecule has 2 aromatic carbocycles. The molecule has 0 unspecified atom stereocenters. The highest BCUT2D eigenvalue weighted by Gasteiger charge is 2.46. The molecule has 0 radical (unpaired) electrons. The van der Waals surface area contributed by atoms with Gasteiger partial charge in [0, 0.05) is 36.9 Å². The van der Waals surface area contributed by atoms with Crippen LogP contribution in [0.3, 0.4) is 0 Å². The van der Waals surface area contributed by atoms with Crippen molar-refractivity contribution in [3.8, 4) is 5.75 Å². The number of ketones is 1. The molecule has 1 fully saturated rings. The molecule has 37 heavy (non-hydrogen) atoms. The molecule has 7 heteroatoms. The molecule has 1 N–H and O–H groups in total. The molecule has 5 rings (SSSR count). The molecule has 184 valence electrons. The number of amides is 1. The molecule has 3 heterocycles. The minimum Gasteiger partial charge on any atom is -0.507 e. The smallest absolute Gasteiger partial charge is 0.295 e. The number of ether oxygens (including phenoxy) is 1. The van der Waals surface area contributed by atoms with Crippen LogP contribution in [0.25, 0.3) is 5.76 Å². The maximum Gasteiger partial charge on any atom is 0.295 e. The van der Waals surface area contributed by atoms with Crippen molar-refractivity contribution in [2.75, 3.05) is 0 Å². The lowest BCUT2D eigenvalue weighted by molar-refractivity contribution is -0.140. The minimum atomic E-state index is -0.767. The first kappa shape index (κ1) is 23.9. The molecule has 0 aliphatic carbocycles. The highest BCUT2D eigenvalue weighted by molar-refractivity contribution is 6.46. The second-order valence-corrected chi connectivity index (χ2v) is 8.82. The summed E-state index contributed by atoms with van der Waals surface area (Å²) >= 11 is 0. The standard InChI is InChI=1S/C30H25N3O4/c1-20-16-24(37-19-21-6-3-2-4-7-21)9-10-25(20)28(34)26-27(23-11-14-31-15-12-23)33(30(36)29(26)35)18-22-8-5-13-32-17-22/h2-17,27,34H,18-19H2,1H3/b28-26+/t27-/m0/s1. The number of rotatable bonds is 7. The number of aliphatic hydroxyl groups excluding tert-OH is 1. The van der Waals surface area contributed by atoms with Crippen molar-refractivity contribution in [1.29, 1.82) is 0 Å². The third-order valence-corrected chi connectivity index (χ3v) is 6.34. The molecule has 1 amide bonds. The second-order valence-electron chi connectivity index (χ2n) is 8.82. The van der Waals surface area contributed by atoms with Crippen LogP contribution >= 0.6 is 0 Å². The summed E-state index contributed by atoms with van der Waals surface area (Å²) in [6.45, 7) is 2.41. The van der Waals surface area contributed by atoms with Gasteiger partial charge in [-0.1, -0.05) is 36.4 Å². The third kappa shape index (κ3) is 4.97. The SMILES string of the molecule is Cc1cc(OCc2ccccc2)ccc1/C(O)=C1\C(=O)C(=O)N(Cc2cccnc2)[C@H]1c1ccncc1. The summed E-state index contributed by atoms with van der Waals surface area (Å²) in [4.78, 5) is 36.1. The molecule has 1 aliphatic heterocycles. The van der Waals surface area contributed by atoms with Crippen LogP contribution in [0.15, 0.2) is 103 Å². The first-order valence-electron chi connectivity index (χ1n) is 11.9. The van der Waals surface area contributed by atoms with Crippen LogP contribution in [-0.4, -0.2) is 31.7 Å². The molecule has 0 spiro atoms. The average molecular weight is 492 g/mol. The zero-order chi connectivity index (χ0) is 25.8. The van der Waals surface area contributed by atoms with Crippen LogP contribution in [0, 0.1) is 6.92 Å². The van der Waals surface area contributed by atoms with Gasteiger partial charge in [0.2, 0.25) is 0 Å². The summed E-state index contributed by atoms with van der Waals surface area (Å²) in [7, 11) is 0. The van der Waals surface area contributed by atoms with Crippen LogP contribution in [0.5, 0.6) is 5.75 Å². The number of Topliss-reactive ketones (excluding diaryl/α,β-unsaturated/α-hetero) is 1. The van der Waals surface area contributed by atoms with Gasteiger partial charge in [-0.25, -0.2) is 0 Å². The van der Waals surface area contributed by atoms with E-state index in [0.717, 1.165) is 16.7 Å². The van der Waals surface area contributed by atoms with E-state index in [-0.39, 0.29) is 17.9 Å². The Bertz CT molecular complexity index is 1450. The molecule has 7 nitrogen and oxygen atoms in total. The number of aryl methyl sites for hydroxylation is 1. The predicted molar refractivity (Wildman–Crippen MR) is 138 cm³/mol. The molecule has 1 aliphatic rings. The summed E-state index contributed by atoms with van der Waals surface area (Å²) in [6.07, 6.45) is 6.50. The van der Waals surface area contributed by atoms with E-state index < -0.39 is 17.7 Å². The summed E-state index contributed by atoms with van der Waals surface area (Å²) in [6, 6.07) is 21.4. The number of benzene rings is 2. The number of aliphatic hydroxyl groups is 1. The van der Waals surface area contributed by atoms with Crippen molar-refractivity contribution >= 4 is 17.4 Å². The largest absolute Gasteiger partial charge is 0.507 e. The van der Waals surface area contributed by atoms with Crippen molar-refractivity contribution < 1.29 is 19.4 Å². The van der Waals surface area contributed by atoms with E-state index in [4.69, 9.17) is 4.74 Å². The van der Waals surface area contributed by atoms with Gasteiger partial charge in [-0.15, -0.1) is 0 Å². The number of likely N-dealkylation sites (tertiary alicyclic amines) is 1. The maximum atomic E-state index is 13.3. The van der Waals surface area contributed by atoms with E-state index >= 15 is 0 Å². The predicted octanol–water partition coefficient (Wildman–Crippen LogP) is 4.99. The van der Waals surface area contributed by atoms with E-state index in [0.29, 0.717) is 23.5 Å². The van der Waals surface area contributed by atoms with Gasteiger partial charge in [-0.2, -0.15) is 0 Å². The van der Waals surface area contributed by atoms with Gasteiger partial charge in [-0.3, -0.25) is 19.6 Å². The van der Waals surface area contributed by atoms with Crippen molar-refractivity contribution in [3.05, 3.63) is 131 Å². The van der Waals surface area contributed by atoms with Gasteiger partial charge in [-0.05, 0) is 65.6 Å². The van der Waals surface area contributed by atoms with E-state index in [1.807, 2.05) is 49.4 Å².